The van der Waals surface area contributed by atoms with E-state index < -0.39 is 0 Å². The van der Waals surface area contributed by atoms with Crippen LogP contribution in [0, 0.1) is 0 Å². The van der Waals surface area contributed by atoms with E-state index >= 15 is 0 Å². The molecule has 0 saturated carbocycles. The molecule has 5 nitrogen and oxygen atoms in total. The molecule has 18 heavy (non-hydrogen) atoms. The normalized spacial score (nSPS) is 10.3. The highest BCUT2D eigenvalue weighted by Crippen LogP contribution is 2.26. The summed E-state index contributed by atoms with van der Waals surface area (Å²) in [4.78, 5) is 7.39. The van der Waals surface area contributed by atoms with Crippen LogP contribution in [0.2, 0.25) is 0 Å². The van der Waals surface area contributed by atoms with Crippen molar-refractivity contribution in [3.63, 3.8) is 0 Å². The maximum Gasteiger partial charge on any atom is 0.161 e. The number of ether oxygens (including phenoxy) is 2. The third-order valence-electron chi connectivity index (χ3n) is 2.53. The molecular formula is C13H17N3O2. The van der Waals surface area contributed by atoms with Crippen LogP contribution in [0.25, 0.3) is 0 Å². The molecule has 0 aliphatic carbocycles. The molecule has 0 amide bonds. The van der Waals surface area contributed by atoms with Crippen molar-refractivity contribution in [1.29, 1.82) is 0 Å². The fraction of sp³-hybridized carbons (Fsp3) is 0.308. The van der Waals surface area contributed by atoms with Crippen molar-refractivity contribution < 1.29 is 9.47 Å². The molecule has 0 spiro atoms. The average Bonchev–Trinajstić information content (AvgIpc) is 2.85. The molecule has 1 aromatic carbocycles. The molecule has 5 heteroatoms. The van der Waals surface area contributed by atoms with Crippen molar-refractivity contribution in [2.24, 2.45) is 5.73 Å². The number of methoxy groups -OCH3 is 1. The van der Waals surface area contributed by atoms with Gasteiger partial charge in [0.25, 0.3) is 0 Å². The monoisotopic (exact) mass is 247 g/mol. The summed E-state index contributed by atoms with van der Waals surface area (Å²) in [5, 5.41) is 0. The van der Waals surface area contributed by atoms with E-state index in [1.165, 1.54) is 0 Å². The van der Waals surface area contributed by atoms with Crippen LogP contribution in [0.15, 0.2) is 30.5 Å². The van der Waals surface area contributed by atoms with E-state index in [0.29, 0.717) is 24.7 Å². The Morgan fingerprint density at radius 1 is 1.28 bits per heavy atom. The maximum atomic E-state index is 5.66. The highest BCUT2D eigenvalue weighted by atomic mass is 16.5. The zero-order valence-electron chi connectivity index (χ0n) is 10.3. The van der Waals surface area contributed by atoms with Crippen LogP contribution in [-0.4, -0.2) is 23.6 Å². The molecule has 1 aromatic heterocycles. The van der Waals surface area contributed by atoms with Crippen molar-refractivity contribution in [3.05, 3.63) is 42.0 Å². The van der Waals surface area contributed by atoms with E-state index in [1.54, 1.807) is 13.3 Å². The molecule has 0 fully saturated rings. The third kappa shape index (κ3) is 3.01. The molecule has 0 aliphatic rings. The SMILES string of the molecule is COc1ccccc1OCc1ncc(CCN)[nH]1. The number of H-pyrrole nitrogens is 1. The molecule has 96 valence electrons. The first-order valence-electron chi connectivity index (χ1n) is 5.82. The van der Waals surface area contributed by atoms with Crippen LogP contribution in [0.5, 0.6) is 11.5 Å². The number of hydrogen-bond acceptors (Lipinski definition) is 4. The van der Waals surface area contributed by atoms with E-state index in [2.05, 4.69) is 9.97 Å². The molecule has 0 bridgehead atoms. The highest BCUT2D eigenvalue weighted by molar-refractivity contribution is 5.39. The minimum atomic E-state index is 0.380. The van der Waals surface area contributed by atoms with E-state index in [-0.39, 0.29) is 0 Å². The summed E-state index contributed by atoms with van der Waals surface area (Å²) in [5.74, 6) is 2.20. The number of nitrogens with two attached hydrogens (primary N) is 1. The summed E-state index contributed by atoms with van der Waals surface area (Å²) in [6.07, 6.45) is 2.58. The van der Waals surface area contributed by atoms with Gasteiger partial charge in [-0.15, -0.1) is 0 Å². The third-order valence-corrected chi connectivity index (χ3v) is 2.53. The summed E-state index contributed by atoms with van der Waals surface area (Å²) in [7, 11) is 1.62. The topological polar surface area (TPSA) is 73.2 Å². The fourth-order valence-corrected chi connectivity index (χ4v) is 1.65. The van der Waals surface area contributed by atoms with Crippen LogP contribution in [0.4, 0.5) is 0 Å². The number of aromatic amines is 1. The Bertz CT molecular complexity index is 496. The summed E-state index contributed by atoms with van der Waals surface area (Å²) < 4.78 is 10.9. The Hall–Kier alpha value is -2.01. The second-order valence-corrected chi connectivity index (χ2v) is 3.83. The van der Waals surface area contributed by atoms with Crippen molar-refractivity contribution in [2.75, 3.05) is 13.7 Å². The standard InChI is InChI=1S/C13H17N3O2/c1-17-11-4-2-3-5-12(11)18-9-13-15-8-10(16-13)6-7-14/h2-5,8H,6-7,9,14H2,1H3,(H,15,16). The lowest BCUT2D eigenvalue weighted by Crippen LogP contribution is -2.03. The predicted molar refractivity (Wildman–Crippen MR) is 68.7 cm³/mol. The number of nitrogens with zero attached hydrogens (tertiary/aromatic N) is 1. The Labute approximate surface area is 106 Å². The first-order chi connectivity index (χ1) is 8.83. The van der Waals surface area contributed by atoms with Gasteiger partial charge in [-0.05, 0) is 18.7 Å². The van der Waals surface area contributed by atoms with E-state index in [0.717, 1.165) is 17.9 Å². The van der Waals surface area contributed by atoms with Gasteiger partial charge >= 0.3 is 0 Å². The Balaban J connectivity index is 1.97. The number of hydrogen-bond donors (Lipinski definition) is 2. The van der Waals surface area contributed by atoms with Crippen molar-refractivity contribution in [1.82, 2.24) is 9.97 Å². The fourth-order valence-electron chi connectivity index (χ4n) is 1.65. The molecule has 0 atom stereocenters. The largest absolute Gasteiger partial charge is 0.493 e. The molecule has 3 N–H and O–H groups in total. The van der Waals surface area contributed by atoms with Gasteiger partial charge in [0.05, 0.1) is 7.11 Å². The van der Waals surface area contributed by atoms with Gasteiger partial charge in [-0.2, -0.15) is 0 Å². The molecular weight excluding hydrogens is 230 g/mol. The van der Waals surface area contributed by atoms with Gasteiger partial charge in [0, 0.05) is 18.3 Å². The number of imidazole rings is 1. The average molecular weight is 247 g/mol. The minimum absolute atomic E-state index is 0.380. The van der Waals surface area contributed by atoms with Crippen LogP contribution >= 0.6 is 0 Å². The van der Waals surface area contributed by atoms with Gasteiger partial charge in [-0.25, -0.2) is 4.98 Å². The van der Waals surface area contributed by atoms with Crippen molar-refractivity contribution in [2.45, 2.75) is 13.0 Å². The summed E-state index contributed by atoms with van der Waals surface area (Å²) in [6.45, 7) is 0.986. The van der Waals surface area contributed by atoms with Crippen molar-refractivity contribution in [3.8, 4) is 11.5 Å². The summed E-state index contributed by atoms with van der Waals surface area (Å²) >= 11 is 0. The summed E-state index contributed by atoms with van der Waals surface area (Å²) in [6, 6.07) is 7.53. The molecule has 2 rings (SSSR count). The zero-order valence-corrected chi connectivity index (χ0v) is 10.3. The van der Waals surface area contributed by atoms with Gasteiger partial charge in [0.2, 0.25) is 0 Å². The molecule has 1 heterocycles. The Morgan fingerprint density at radius 2 is 2.06 bits per heavy atom. The second kappa shape index (κ2) is 6.07. The van der Waals surface area contributed by atoms with E-state index in [9.17, 15) is 0 Å². The molecule has 0 saturated heterocycles. The molecule has 2 aromatic rings. The number of para-hydroxylation sites is 2. The Morgan fingerprint density at radius 3 is 2.78 bits per heavy atom. The van der Waals surface area contributed by atoms with E-state index in [1.807, 2.05) is 24.3 Å². The Kier molecular flexibility index (Phi) is 4.20. The van der Waals surface area contributed by atoms with Crippen LogP contribution in [0.1, 0.15) is 11.5 Å². The predicted octanol–water partition coefficient (Wildman–Crippen LogP) is 1.50. The van der Waals surface area contributed by atoms with Crippen LogP contribution in [0.3, 0.4) is 0 Å². The van der Waals surface area contributed by atoms with Gasteiger partial charge < -0.3 is 20.2 Å². The van der Waals surface area contributed by atoms with Crippen LogP contribution < -0.4 is 15.2 Å². The van der Waals surface area contributed by atoms with Gasteiger partial charge in [0.15, 0.2) is 11.5 Å². The lowest BCUT2D eigenvalue weighted by Gasteiger charge is -2.08. The van der Waals surface area contributed by atoms with Gasteiger partial charge in [0.1, 0.15) is 12.4 Å². The number of rotatable bonds is 6. The number of benzene rings is 1. The first kappa shape index (κ1) is 12.4. The maximum absolute atomic E-state index is 5.66. The molecule has 0 radical (unpaired) electrons. The van der Waals surface area contributed by atoms with Crippen molar-refractivity contribution >= 4 is 0 Å². The smallest absolute Gasteiger partial charge is 0.161 e. The zero-order chi connectivity index (χ0) is 12.8. The number of aromatic nitrogens is 2. The first-order valence-corrected chi connectivity index (χ1v) is 5.82. The number of nitrogens with one attached hydrogen (secondary N) is 1. The minimum Gasteiger partial charge on any atom is -0.493 e. The van der Waals surface area contributed by atoms with Crippen LogP contribution in [-0.2, 0) is 13.0 Å². The second-order valence-electron chi connectivity index (χ2n) is 3.83. The lowest BCUT2D eigenvalue weighted by molar-refractivity contribution is 0.277. The quantitative estimate of drug-likeness (QED) is 0.811. The molecule has 0 aliphatic heterocycles. The molecule has 0 unspecified atom stereocenters. The highest BCUT2D eigenvalue weighted by Gasteiger charge is 2.05. The summed E-state index contributed by atoms with van der Waals surface area (Å²) in [5.41, 5.74) is 6.50. The van der Waals surface area contributed by atoms with Gasteiger partial charge in [-0.1, -0.05) is 12.1 Å². The lowest BCUT2D eigenvalue weighted by atomic mass is 10.3. The van der Waals surface area contributed by atoms with E-state index in [4.69, 9.17) is 15.2 Å². The van der Waals surface area contributed by atoms with Gasteiger partial charge in [-0.3, -0.25) is 0 Å².